The summed E-state index contributed by atoms with van der Waals surface area (Å²) in [5, 5.41) is 8.88. The fraction of sp³-hybridized carbons (Fsp3) is 0.333. The highest BCUT2D eigenvalue weighted by atomic mass is 16.4. The molecule has 2 unspecified atom stereocenters. The highest BCUT2D eigenvalue weighted by molar-refractivity contribution is 5.92. The van der Waals surface area contributed by atoms with Crippen LogP contribution in [0.4, 0.5) is 0 Å². The van der Waals surface area contributed by atoms with Gasteiger partial charge in [-0.1, -0.05) is 6.92 Å². The number of aromatic carboxylic acids is 1. The van der Waals surface area contributed by atoms with Crippen LogP contribution in [0.25, 0.3) is 11.0 Å². The molecule has 3 rings (SSSR count). The average Bonchev–Trinajstić information content (AvgIpc) is 2.84. The fourth-order valence-corrected chi connectivity index (χ4v) is 2.12. The molecule has 16 heavy (non-hydrogen) atoms. The number of benzene rings is 1. The normalized spacial score (nSPS) is 23.6. The summed E-state index contributed by atoms with van der Waals surface area (Å²) >= 11 is 0. The molecule has 0 bridgehead atoms. The van der Waals surface area contributed by atoms with E-state index in [0.717, 1.165) is 11.0 Å². The summed E-state index contributed by atoms with van der Waals surface area (Å²) in [6.07, 6.45) is 3.00. The second-order valence-electron chi connectivity index (χ2n) is 4.44. The highest BCUT2D eigenvalue weighted by Crippen LogP contribution is 2.43. The Balaban J connectivity index is 2.11. The Kier molecular flexibility index (Phi) is 1.80. The van der Waals surface area contributed by atoms with E-state index in [4.69, 9.17) is 5.11 Å². The van der Waals surface area contributed by atoms with Crippen LogP contribution in [0.1, 0.15) is 29.7 Å². The van der Waals surface area contributed by atoms with E-state index >= 15 is 0 Å². The van der Waals surface area contributed by atoms with Crippen molar-refractivity contribution in [2.75, 3.05) is 0 Å². The monoisotopic (exact) mass is 216 g/mol. The fourth-order valence-electron chi connectivity index (χ4n) is 2.12. The van der Waals surface area contributed by atoms with Crippen molar-refractivity contribution in [2.45, 2.75) is 19.4 Å². The molecule has 1 saturated carbocycles. The number of hydrogen-bond acceptors (Lipinski definition) is 2. The zero-order valence-corrected chi connectivity index (χ0v) is 8.92. The number of carboxylic acids is 1. The molecule has 2 aromatic rings. The van der Waals surface area contributed by atoms with Crippen LogP contribution >= 0.6 is 0 Å². The second-order valence-corrected chi connectivity index (χ2v) is 4.44. The van der Waals surface area contributed by atoms with Gasteiger partial charge in [-0.05, 0) is 30.5 Å². The van der Waals surface area contributed by atoms with Crippen molar-refractivity contribution in [1.29, 1.82) is 0 Å². The van der Waals surface area contributed by atoms with Crippen molar-refractivity contribution in [1.82, 2.24) is 9.55 Å². The molecule has 1 aliphatic rings. The van der Waals surface area contributed by atoms with Crippen molar-refractivity contribution in [2.24, 2.45) is 5.92 Å². The quantitative estimate of drug-likeness (QED) is 0.838. The summed E-state index contributed by atoms with van der Waals surface area (Å²) in [7, 11) is 0. The van der Waals surface area contributed by atoms with Gasteiger partial charge in [-0.2, -0.15) is 0 Å². The van der Waals surface area contributed by atoms with Gasteiger partial charge in [0.05, 0.1) is 22.9 Å². The molecule has 1 aromatic carbocycles. The van der Waals surface area contributed by atoms with Crippen LogP contribution in [0.15, 0.2) is 24.5 Å². The summed E-state index contributed by atoms with van der Waals surface area (Å²) < 4.78 is 2.14. The first-order valence-corrected chi connectivity index (χ1v) is 5.36. The molecule has 82 valence electrons. The molecule has 2 atom stereocenters. The zero-order chi connectivity index (χ0) is 11.3. The third kappa shape index (κ3) is 1.30. The number of hydrogen-bond donors (Lipinski definition) is 1. The van der Waals surface area contributed by atoms with E-state index in [-0.39, 0.29) is 0 Å². The van der Waals surface area contributed by atoms with Crippen molar-refractivity contribution < 1.29 is 9.90 Å². The van der Waals surface area contributed by atoms with Crippen LogP contribution in [0.5, 0.6) is 0 Å². The lowest BCUT2D eigenvalue weighted by Crippen LogP contribution is -1.96. The Labute approximate surface area is 92.5 Å². The Morgan fingerprint density at radius 3 is 2.94 bits per heavy atom. The number of carboxylic acid groups (broad SMARTS) is 1. The minimum atomic E-state index is -0.906. The number of imidazole rings is 1. The number of fused-ring (bicyclic) bond motifs is 1. The Morgan fingerprint density at radius 2 is 2.31 bits per heavy atom. The molecule has 0 saturated heterocycles. The molecule has 4 nitrogen and oxygen atoms in total. The van der Waals surface area contributed by atoms with Crippen molar-refractivity contribution in [3.63, 3.8) is 0 Å². The first-order chi connectivity index (χ1) is 7.66. The summed E-state index contributed by atoms with van der Waals surface area (Å²) in [4.78, 5) is 15.1. The van der Waals surface area contributed by atoms with Crippen molar-refractivity contribution in [3.05, 3.63) is 30.1 Å². The third-order valence-corrected chi connectivity index (χ3v) is 3.25. The van der Waals surface area contributed by atoms with Gasteiger partial charge < -0.3 is 9.67 Å². The largest absolute Gasteiger partial charge is 0.478 e. The first-order valence-electron chi connectivity index (χ1n) is 5.36. The Morgan fingerprint density at radius 1 is 1.56 bits per heavy atom. The maximum Gasteiger partial charge on any atom is 0.335 e. The predicted molar refractivity (Wildman–Crippen MR) is 59.5 cm³/mol. The van der Waals surface area contributed by atoms with Crippen LogP contribution in [-0.2, 0) is 0 Å². The summed E-state index contributed by atoms with van der Waals surface area (Å²) in [6.45, 7) is 2.21. The third-order valence-electron chi connectivity index (χ3n) is 3.25. The molecular weight excluding hydrogens is 204 g/mol. The van der Waals surface area contributed by atoms with E-state index in [1.807, 2.05) is 12.4 Å². The minimum absolute atomic E-state index is 0.293. The number of aromatic nitrogens is 2. The molecule has 0 aliphatic heterocycles. The standard InChI is InChI=1S/C12H12N2O2/c1-7-4-11(7)14-6-13-9-5-8(12(15)16)2-3-10(9)14/h2-3,5-7,11H,4H2,1H3,(H,15,16). The van der Waals surface area contributed by atoms with Gasteiger partial charge in [0.1, 0.15) is 0 Å². The molecule has 1 fully saturated rings. The van der Waals surface area contributed by atoms with E-state index in [1.165, 1.54) is 6.42 Å². The van der Waals surface area contributed by atoms with E-state index in [2.05, 4.69) is 16.5 Å². The van der Waals surface area contributed by atoms with Crippen LogP contribution in [0.2, 0.25) is 0 Å². The molecule has 1 heterocycles. The lowest BCUT2D eigenvalue weighted by atomic mass is 10.2. The molecule has 1 N–H and O–H groups in total. The van der Waals surface area contributed by atoms with Crippen molar-refractivity contribution in [3.8, 4) is 0 Å². The first kappa shape index (κ1) is 9.39. The molecular formula is C12H12N2O2. The lowest BCUT2D eigenvalue weighted by Gasteiger charge is -2.01. The van der Waals surface area contributed by atoms with Gasteiger partial charge >= 0.3 is 5.97 Å². The van der Waals surface area contributed by atoms with Gasteiger partial charge in [0.25, 0.3) is 0 Å². The van der Waals surface area contributed by atoms with E-state index in [1.54, 1.807) is 12.1 Å². The number of nitrogens with zero attached hydrogens (tertiary/aromatic N) is 2. The van der Waals surface area contributed by atoms with Crippen molar-refractivity contribution >= 4 is 17.0 Å². The van der Waals surface area contributed by atoms with Gasteiger partial charge in [0, 0.05) is 6.04 Å². The van der Waals surface area contributed by atoms with E-state index in [0.29, 0.717) is 17.5 Å². The molecule has 1 aromatic heterocycles. The van der Waals surface area contributed by atoms with Gasteiger partial charge in [0.2, 0.25) is 0 Å². The van der Waals surface area contributed by atoms with Gasteiger partial charge in [-0.3, -0.25) is 0 Å². The molecule has 1 aliphatic carbocycles. The van der Waals surface area contributed by atoms with Crippen LogP contribution in [0.3, 0.4) is 0 Å². The molecule has 0 amide bonds. The molecule has 4 heteroatoms. The average molecular weight is 216 g/mol. The molecule has 0 spiro atoms. The van der Waals surface area contributed by atoms with E-state index in [9.17, 15) is 4.79 Å². The minimum Gasteiger partial charge on any atom is -0.478 e. The van der Waals surface area contributed by atoms with Crippen LogP contribution in [-0.4, -0.2) is 20.6 Å². The van der Waals surface area contributed by atoms with Gasteiger partial charge in [0.15, 0.2) is 0 Å². The molecule has 0 radical (unpaired) electrons. The summed E-state index contributed by atoms with van der Waals surface area (Å²) in [6, 6.07) is 5.65. The SMILES string of the molecule is CC1CC1n1cnc2cc(C(=O)O)ccc21. The zero-order valence-electron chi connectivity index (χ0n) is 8.92. The summed E-state index contributed by atoms with van der Waals surface area (Å²) in [5.41, 5.74) is 2.08. The number of carbonyl (C=O) groups is 1. The lowest BCUT2D eigenvalue weighted by molar-refractivity contribution is 0.0697. The predicted octanol–water partition coefficient (Wildman–Crippen LogP) is 2.32. The maximum atomic E-state index is 10.8. The highest BCUT2D eigenvalue weighted by Gasteiger charge is 2.35. The number of rotatable bonds is 2. The van der Waals surface area contributed by atoms with Gasteiger partial charge in [-0.25, -0.2) is 9.78 Å². The van der Waals surface area contributed by atoms with Gasteiger partial charge in [-0.15, -0.1) is 0 Å². The Hall–Kier alpha value is -1.84. The van der Waals surface area contributed by atoms with Crippen LogP contribution in [0, 0.1) is 5.92 Å². The second kappa shape index (κ2) is 3.07. The topological polar surface area (TPSA) is 55.1 Å². The smallest absolute Gasteiger partial charge is 0.335 e. The van der Waals surface area contributed by atoms with Crippen LogP contribution < -0.4 is 0 Å². The Bertz CT molecular complexity index is 573. The maximum absolute atomic E-state index is 10.8. The van der Waals surface area contributed by atoms with E-state index < -0.39 is 5.97 Å². The summed E-state index contributed by atoms with van der Waals surface area (Å²) in [5.74, 6) is -0.201.